The number of fused-ring (bicyclic) bond motifs is 1. The van der Waals surface area contributed by atoms with Gasteiger partial charge in [-0.1, -0.05) is 0 Å². The van der Waals surface area contributed by atoms with Gasteiger partial charge in [0, 0.05) is 35.4 Å². The largest absolute Gasteiger partial charge is 0.361 e. The van der Waals surface area contributed by atoms with Crippen molar-refractivity contribution in [1.29, 1.82) is 0 Å². The Bertz CT molecular complexity index is 399. The Labute approximate surface area is 80.2 Å². The number of hydrogen-bond donors (Lipinski definition) is 1. The van der Waals surface area contributed by atoms with Crippen molar-refractivity contribution in [3.05, 3.63) is 30.5 Å². The second kappa shape index (κ2) is 3.72. The summed E-state index contributed by atoms with van der Waals surface area (Å²) in [7, 11) is 0. The second-order valence-electron chi connectivity index (χ2n) is 2.54. The molecule has 68 valence electrons. The quantitative estimate of drug-likeness (QED) is 0.464. The molecule has 1 N–H and O–H groups in total. The summed E-state index contributed by atoms with van der Waals surface area (Å²) in [4.78, 5) is 8.08. The molecule has 0 aliphatic heterocycles. The molecule has 0 amide bonds. The Kier molecular flexibility index (Phi) is 2.42. The molecule has 3 nitrogen and oxygen atoms in total. The molecule has 0 fully saturated rings. The van der Waals surface area contributed by atoms with Crippen LogP contribution in [0.4, 0.5) is 0 Å². The number of hydrogen-bond acceptors (Lipinski definition) is 3. The van der Waals surface area contributed by atoms with Crippen molar-refractivity contribution in [2.75, 3.05) is 6.26 Å². The highest BCUT2D eigenvalue weighted by Gasteiger charge is 1.98. The summed E-state index contributed by atoms with van der Waals surface area (Å²) in [6.07, 6.45) is 3.69. The van der Waals surface area contributed by atoms with Crippen molar-refractivity contribution in [3.8, 4) is 5.75 Å². The lowest BCUT2D eigenvalue weighted by Gasteiger charge is -2.00. The van der Waals surface area contributed by atoms with Crippen LogP contribution in [0.1, 0.15) is 0 Å². The Morgan fingerprint density at radius 2 is 2.23 bits per heavy atom. The second-order valence-corrected chi connectivity index (χ2v) is 3.01. The zero-order valence-corrected chi connectivity index (χ0v) is 7.93. The average molecular weight is 195 g/mol. The van der Waals surface area contributed by atoms with E-state index in [0.29, 0.717) is 5.75 Å². The maximum atomic E-state index is 4.98. The van der Waals surface area contributed by atoms with E-state index in [2.05, 4.69) is 4.98 Å². The smallest absolute Gasteiger partial charge is 0.167 e. The molecular weight excluding hydrogens is 186 g/mol. The van der Waals surface area contributed by atoms with Gasteiger partial charge >= 0.3 is 0 Å². The van der Waals surface area contributed by atoms with E-state index in [1.165, 1.54) is 12.0 Å². The number of H-pyrrole nitrogens is 1. The van der Waals surface area contributed by atoms with Crippen LogP contribution in [0.15, 0.2) is 30.5 Å². The zero-order valence-electron chi connectivity index (χ0n) is 7.11. The van der Waals surface area contributed by atoms with Gasteiger partial charge in [-0.3, -0.25) is 0 Å². The maximum absolute atomic E-state index is 4.98. The number of benzene rings is 1. The van der Waals surface area contributed by atoms with Crippen LogP contribution in [0, 0.1) is 0 Å². The number of rotatable bonds is 3. The van der Waals surface area contributed by atoms with Crippen LogP contribution in [0.25, 0.3) is 10.9 Å². The first-order chi connectivity index (χ1) is 6.40. The minimum absolute atomic E-state index is 0.710. The van der Waals surface area contributed by atoms with Crippen molar-refractivity contribution in [2.45, 2.75) is 0 Å². The molecule has 0 spiro atoms. The molecule has 1 aromatic heterocycles. The van der Waals surface area contributed by atoms with Crippen LogP contribution < -0.4 is 4.89 Å². The Morgan fingerprint density at radius 1 is 1.31 bits per heavy atom. The monoisotopic (exact) mass is 195 g/mol. The summed E-state index contributed by atoms with van der Waals surface area (Å²) in [5, 5.41) is 1.11. The molecule has 0 aliphatic carbocycles. The third kappa shape index (κ3) is 1.79. The van der Waals surface area contributed by atoms with Gasteiger partial charge in [-0.15, -0.1) is 4.33 Å². The summed E-state index contributed by atoms with van der Waals surface area (Å²) in [5.41, 5.74) is 1.09. The van der Waals surface area contributed by atoms with Crippen LogP contribution in [0.2, 0.25) is 0 Å². The highest BCUT2D eigenvalue weighted by Crippen LogP contribution is 2.20. The maximum Gasteiger partial charge on any atom is 0.167 e. The van der Waals surface area contributed by atoms with Crippen LogP contribution in [0.3, 0.4) is 0 Å². The molecule has 2 rings (SSSR count). The highest BCUT2D eigenvalue weighted by atomic mass is 32.2. The van der Waals surface area contributed by atoms with Gasteiger partial charge in [0.1, 0.15) is 0 Å². The lowest BCUT2D eigenvalue weighted by Crippen LogP contribution is -1.87. The highest BCUT2D eigenvalue weighted by molar-refractivity contribution is 7.93. The van der Waals surface area contributed by atoms with Crippen LogP contribution in [-0.4, -0.2) is 11.2 Å². The predicted molar refractivity (Wildman–Crippen MR) is 53.5 cm³/mol. The van der Waals surface area contributed by atoms with Gasteiger partial charge in [0.15, 0.2) is 5.75 Å². The van der Waals surface area contributed by atoms with Gasteiger partial charge in [-0.05, 0) is 24.3 Å². The molecule has 0 radical (unpaired) electrons. The van der Waals surface area contributed by atoms with Gasteiger partial charge in [0.05, 0.1) is 0 Å². The molecule has 13 heavy (non-hydrogen) atoms. The zero-order chi connectivity index (χ0) is 9.10. The van der Waals surface area contributed by atoms with Crippen LogP contribution >= 0.6 is 12.0 Å². The molecule has 0 atom stereocenters. The molecule has 0 unspecified atom stereocenters. The minimum atomic E-state index is 0.710. The minimum Gasteiger partial charge on any atom is -0.361 e. The van der Waals surface area contributed by atoms with Crippen molar-refractivity contribution in [2.24, 2.45) is 0 Å². The molecule has 0 saturated heterocycles. The van der Waals surface area contributed by atoms with E-state index in [4.69, 9.17) is 9.22 Å². The summed E-state index contributed by atoms with van der Waals surface area (Å²) in [5.74, 6) is 0.710. The number of nitrogens with one attached hydrogen (secondary N) is 1. The van der Waals surface area contributed by atoms with Crippen molar-refractivity contribution >= 4 is 22.9 Å². The molecule has 1 heterocycles. The van der Waals surface area contributed by atoms with Crippen LogP contribution in [0.5, 0.6) is 5.75 Å². The van der Waals surface area contributed by atoms with Crippen molar-refractivity contribution in [3.63, 3.8) is 0 Å². The molecule has 1 aromatic carbocycles. The van der Waals surface area contributed by atoms with E-state index < -0.39 is 0 Å². The van der Waals surface area contributed by atoms with E-state index >= 15 is 0 Å². The molecule has 2 aromatic rings. The molecular formula is C9H9NO2S. The van der Waals surface area contributed by atoms with E-state index in [1.807, 2.05) is 30.5 Å². The normalized spacial score (nSPS) is 10.5. The first-order valence-corrected chi connectivity index (χ1v) is 4.99. The predicted octanol–water partition coefficient (Wildman–Crippen LogP) is 2.76. The average Bonchev–Trinajstić information content (AvgIpc) is 2.61. The molecule has 0 bridgehead atoms. The molecule has 4 heteroatoms. The van der Waals surface area contributed by atoms with E-state index in [9.17, 15) is 0 Å². The standard InChI is InChI=1S/C9H9NO2S/c1-13-12-11-8-2-3-9-7(6-8)4-5-10-9/h2-6,10H,1H3. The topological polar surface area (TPSA) is 34.2 Å². The third-order valence-electron chi connectivity index (χ3n) is 1.72. The van der Waals surface area contributed by atoms with E-state index in [0.717, 1.165) is 10.9 Å². The Morgan fingerprint density at radius 3 is 3.08 bits per heavy atom. The lowest BCUT2D eigenvalue weighted by atomic mass is 10.2. The van der Waals surface area contributed by atoms with E-state index in [1.54, 1.807) is 6.26 Å². The van der Waals surface area contributed by atoms with E-state index in [-0.39, 0.29) is 0 Å². The number of aromatic amines is 1. The first-order valence-electron chi connectivity index (χ1n) is 3.84. The van der Waals surface area contributed by atoms with Crippen molar-refractivity contribution in [1.82, 2.24) is 4.98 Å². The summed E-state index contributed by atoms with van der Waals surface area (Å²) >= 11 is 1.17. The summed E-state index contributed by atoms with van der Waals surface area (Å²) in [6.45, 7) is 0. The Balaban J connectivity index is 2.26. The lowest BCUT2D eigenvalue weighted by molar-refractivity contribution is -0.0769. The van der Waals surface area contributed by atoms with Gasteiger partial charge in [-0.2, -0.15) is 0 Å². The first kappa shape index (κ1) is 8.47. The fourth-order valence-corrected chi connectivity index (χ4v) is 1.30. The third-order valence-corrected chi connectivity index (χ3v) is 1.93. The van der Waals surface area contributed by atoms with Gasteiger partial charge in [0.25, 0.3) is 0 Å². The fourth-order valence-electron chi connectivity index (χ4n) is 1.16. The fraction of sp³-hybridized carbons (Fsp3) is 0.111. The van der Waals surface area contributed by atoms with Crippen LogP contribution in [-0.2, 0) is 4.33 Å². The van der Waals surface area contributed by atoms with Gasteiger partial charge in [0.2, 0.25) is 0 Å². The SMILES string of the molecule is CSOOc1ccc2[nH]ccc2c1. The summed E-state index contributed by atoms with van der Waals surface area (Å²) in [6, 6.07) is 7.72. The van der Waals surface area contributed by atoms with Crippen molar-refractivity contribution < 1.29 is 9.22 Å². The molecule has 0 saturated carbocycles. The van der Waals surface area contributed by atoms with Gasteiger partial charge in [-0.25, -0.2) is 0 Å². The molecule has 0 aliphatic rings. The number of aromatic nitrogens is 1. The van der Waals surface area contributed by atoms with Gasteiger partial charge < -0.3 is 9.87 Å². The summed E-state index contributed by atoms with van der Waals surface area (Å²) < 4.78 is 4.75. The Hall–Kier alpha value is -1.13.